The first-order valence-electron chi connectivity index (χ1n) is 6.15. The van der Waals surface area contributed by atoms with E-state index >= 15 is 0 Å². The number of aromatic nitrogens is 1. The summed E-state index contributed by atoms with van der Waals surface area (Å²) in [6.45, 7) is 0.298. The van der Waals surface area contributed by atoms with Gasteiger partial charge < -0.3 is 9.47 Å². The topological polar surface area (TPSA) is 31.4 Å². The van der Waals surface area contributed by atoms with E-state index in [0.717, 1.165) is 33.5 Å². The molecule has 0 saturated heterocycles. The first-order chi connectivity index (χ1) is 9.42. The number of pyridine rings is 1. The second-order valence-corrected chi connectivity index (χ2v) is 4.45. The minimum Gasteiger partial charge on any atom is -0.454 e. The van der Waals surface area contributed by atoms with E-state index in [9.17, 15) is 0 Å². The van der Waals surface area contributed by atoms with E-state index < -0.39 is 0 Å². The fourth-order valence-electron chi connectivity index (χ4n) is 2.40. The van der Waals surface area contributed by atoms with E-state index in [1.807, 2.05) is 36.5 Å². The number of hydrogen-bond acceptors (Lipinski definition) is 3. The van der Waals surface area contributed by atoms with Gasteiger partial charge in [0.25, 0.3) is 0 Å². The Balaban J connectivity index is 1.95. The highest BCUT2D eigenvalue weighted by molar-refractivity contribution is 5.93. The van der Waals surface area contributed by atoms with Crippen molar-refractivity contribution in [2.24, 2.45) is 0 Å². The van der Waals surface area contributed by atoms with Gasteiger partial charge in [-0.1, -0.05) is 30.3 Å². The highest BCUT2D eigenvalue weighted by Gasteiger charge is 2.14. The van der Waals surface area contributed by atoms with Crippen LogP contribution in [0.15, 0.2) is 54.7 Å². The zero-order chi connectivity index (χ0) is 12.7. The fourth-order valence-corrected chi connectivity index (χ4v) is 2.40. The molecule has 0 saturated carbocycles. The highest BCUT2D eigenvalue weighted by Crippen LogP contribution is 2.37. The standard InChI is InChI=1S/C16H11NO2/c1-3-11-4-2-8-17-16(11)13(5-1)12-6-7-14-15(9-12)19-10-18-14/h1-9H,10H2. The maximum Gasteiger partial charge on any atom is 0.231 e. The van der Waals surface area contributed by atoms with Gasteiger partial charge in [0, 0.05) is 17.1 Å². The van der Waals surface area contributed by atoms with E-state index in [0.29, 0.717) is 6.79 Å². The predicted octanol–water partition coefficient (Wildman–Crippen LogP) is 3.63. The summed E-state index contributed by atoms with van der Waals surface area (Å²) < 4.78 is 10.8. The third-order valence-electron chi connectivity index (χ3n) is 3.32. The summed E-state index contributed by atoms with van der Waals surface area (Å²) >= 11 is 0. The van der Waals surface area contributed by atoms with E-state index in [1.54, 1.807) is 0 Å². The lowest BCUT2D eigenvalue weighted by Gasteiger charge is -2.06. The fraction of sp³-hybridized carbons (Fsp3) is 0.0625. The van der Waals surface area contributed by atoms with Gasteiger partial charge in [-0.15, -0.1) is 0 Å². The van der Waals surface area contributed by atoms with Crippen LogP contribution >= 0.6 is 0 Å². The van der Waals surface area contributed by atoms with Gasteiger partial charge in [-0.05, 0) is 23.8 Å². The highest BCUT2D eigenvalue weighted by atomic mass is 16.7. The van der Waals surface area contributed by atoms with Crippen molar-refractivity contribution in [2.75, 3.05) is 6.79 Å². The van der Waals surface area contributed by atoms with Crippen LogP contribution in [-0.2, 0) is 0 Å². The molecule has 4 rings (SSSR count). The van der Waals surface area contributed by atoms with Gasteiger partial charge in [-0.3, -0.25) is 4.98 Å². The number of rotatable bonds is 1. The molecular weight excluding hydrogens is 238 g/mol. The molecule has 0 aliphatic carbocycles. The molecule has 2 heterocycles. The third-order valence-corrected chi connectivity index (χ3v) is 3.32. The van der Waals surface area contributed by atoms with Gasteiger partial charge in [0.2, 0.25) is 6.79 Å². The maximum absolute atomic E-state index is 5.43. The monoisotopic (exact) mass is 249 g/mol. The molecule has 1 aliphatic rings. The summed E-state index contributed by atoms with van der Waals surface area (Å²) in [5.41, 5.74) is 3.20. The zero-order valence-electron chi connectivity index (χ0n) is 10.2. The van der Waals surface area contributed by atoms with Gasteiger partial charge in [0.15, 0.2) is 11.5 Å². The van der Waals surface area contributed by atoms with Crippen molar-refractivity contribution in [1.29, 1.82) is 0 Å². The molecule has 0 fully saturated rings. The van der Waals surface area contributed by atoms with E-state index in [4.69, 9.17) is 9.47 Å². The Morgan fingerprint density at radius 3 is 2.79 bits per heavy atom. The van der Waals surface area contributed by atoms with Crippen LogP contribution in [0.25, 0.3) is 22.0 Å². The normalized spacial score (nSPS) is 12.8. The van der Waals surface area contributed by atoms with Gasteiger partial charge in [-0.2, -0.15) is 0 Å². The summed E-state index contributed by atoms with van der Waals surface area (Å²) in [7, 11) is 0. The van der Waals surface area contributed by atoms with Crippen molar-refractivity contribution in [2.45, 2.75) is 0 Å². The van der Waals surface area contributed by atoms with Crippen LogP contribution < -0.4 is 9.47 Å². The molecular formula is C16H11NO2. The number of benzene rings is 2. The molecule has 3 heteroatoms. The first kappa shape index (κ1) is 10.4. The van der Waals surface area contributed by atoms with Gasteiger partial charge in [0.05, 0.1) is 5.52 Å². The molecule has 3 nitrogen and oxygen atoms in total. The van der Waals surface area contributed by atoms with Crippen LogP contribution in [0.5, 0.6) is 11.5 Å². The zero-order valence-corrected chi connectivity index (χ0v) is 10.2. The number of nitrogens with zero attached hydrogens (tertiary/aromatic N) is 1. The molecule has 3 aromatic rings. The maximum atomic E-state index is 5.43. The first-order valence-corrected chi connectivity index (χ1v) is 6.15. The molecule has 0 radical (unpaired) electrons. The molecule has 1 aliphatic heterocycles. The Bertz CT molecular complexity index is 762. The SMILES string of the molecule is c1cnc2c(-c3ccc4c(c3)OCO4)cccc2c1. The number of ether oxygens (including phenoxy) is 2. The number of hydrogen-bond donors (Lipinski definition) is 0. The molecule has 2 aromatic carbocycles. The van der Waals surface area contributed by atoms with Crippen molar-refractivity contribution < 1.29 is 9.47 Å². The molecule has 1 aromatic heterocycles. The minimum atomic E-state index is 0.298. The lowest BCUT2D eigenvalue weighted by molar-refractivity contribution is 0.174. The summed E-state index contributed by atoms with van der Waals surface area (Å²) in [4.78, 5) is 4.48. The van der Waals surface area contributed by atoms with Crippen LogP contribution in [-0.4, -0.2) is 11.8 Å². The average molecular weight is 249 g/mol. The van der Waals surface area contributed by atoms with Gasteiger partial charge in [0.1, 0.15) is 0 Å². The molecule has 0 bridgehead atoms. The Morgan fingerprint density at radius 2 is 1.79 bits per heavy atom. The largest absolute Gasteiger partial charge is 0.454 e. The summed E-state index contributed by atoms with van der Waals surface area (Å²) in [5, 5.41) is 1.14. The number of para-hydroxylation sites is 1. The average Bonchev–Trinajstić information content (AvgIpc) is 2.94. The molecule has 0 amide bonds. The number of fused-ring (bicyclic) bond motifs is 2. The van der Waals surface area contributed by atoms with E-state index in [1.165, 1.54) is 0 Å². The molecule has 0 unspecified atom stereocenters. The molecule has 0 spiro atoms. The third kappa shape index (κ3) is 1.63. The smallest absolute Gasteiger partial charge is 0.231 e. The molecule has 0 N–H and O–H groups in total. The van der Waals surface area contributed by atoms with Gasteiger partial charge in [-0.25, -0.2) is 0 Å². The van der Waals surface area contributed by atoms with Crippen molar-refractivity contribution in [1.82, 2.24) is 4.98 Å². The second-order valence-electron chi connectivity index (χ2n) is 4.45. The van der Waals surface area contributed by atoms with Crippen molar-refractivity contribution in [3.8, 4) is 22.6 Å². The Labute approximate surface area is 110 Å². The van der Waals surface area contributed by atoms with Crippen LogP contribution in [0.4, 0.5) is 0 Å². The lowest BCUT2D eigenvalue weighted by atomic mass is 10.0. The van der Waals surface area contributed by atoms with Crippen molar-refractivity contribution in [3.63, 3.8) is 0 Å². The minimum absolute atomic E-state index is 0.298. The quantitative estimate of drug-likeness (QED) is 0.660. The van der Waals surface area contributed by atoms with Crippen molar-refractivity contribution in [3.05, 3.63) is 54.7 Å². The van der Waals surface area contributed by atoms with Crippen LogP contribution in [0, 0.1) is 0 Å². The molecule has 19 heavy (non-hydrogen) atoms. The summed E-state index contributed by atoms with van der Waals surface area (Å²) in [6, 6.07) is 16.2. The van der Waals surface area contributed by atoms with E-state index in [2.05, 4.69) is 23.2 Å². The van der Waals surface area contributed by atoms with Crippen LogP contribution in [0.3, 0.4) is 0 Å². The summed E-state index contributed by atoms with van der Waals surface area (Å²) in [6.07, 6.45) is 1.82. The van der Waals surface area contributed by atoms with Crippen LogP contribution in [0.1, 0.15) is 0 Å². The van der Waals surface area contributed by atoms with Gasteiger partial charge >= 0.3 is 0 Å². The van der Waals surface area contributed by atoms with Crippen molar-refractivity contribution >= 4 is 10.9 Å². The summed E-state index contributed by atoms with van der Waals surface area (Å²) in [5.74, 6) is 1.60. The molecule has 92 valence electrons. The Hall–Kier alpha value is -2.55. The Kier molecular flexibility index (Phi) is 2.18. The van der Waals surface area contributed by atoms with Crippen LogP contribution in [0.2, 0.25) is 0 Å². The predicted molar refractivity (Wildman–Crippen MR) is 73.3 cm³/mol. The van der Waals surface area contributed by atoms with E-state index in [-0.39, 0.29) is 0 Å². The lowest BCUT2D eigenvalue weighted by Crippen LogP contribution is -1.92. The molecule has 0 atom stereocenters. The Morgan fingerprint density at radius 1 is 0.895 bits per heavy atom. The second kappa shape index (κ2) is 3.99.